The largest absolute Gasteiger partial charge is 0 e. The van der Waals surface area contributed by atoms with Gasteiger partial charge in [0.2, 0.25) is 0 Å². The molecule has 1 aromatic carbocycles. The summed E-state index contributed by atoms with van der Waals surface area (Å²) in [6.45, 7) is 33.7. The Balaban J connectivity index is -0.000000888. The molecule has 0 unspecified atom stereocenters. The molecule has 242 valence electrons. The van der Waals surface area contributed by atoms with E-state index in [1.54, 1.807) is 0 Å². The third-order valence-corrected chi connectivity index (χ3v) is 9.74. The Morgan fingerprint density at radius 1 is 0.907 bits per heavy atom. The molecule has 2 heterocycles. The zero-order valence-electron chi connectivity index (χ0n) is 26.9. The number of ether oxygens (including phenoxy) is 1. The zero-order chi connectivity index (χ0) is 33.3. The molecule has 2 aromatic rings. The number of hydrogen-bond donors (Lipinski definition) is 0. The minimum absolute atomic E-state index is 0. The van der Waals surface area contributed by atoms with Gasteiger partial charge in [0.25, 0.3) is 0 Å². The number of hydrogen-bond acceptors (Lipinski definition) is 3. The summed E-state index contributed by atoms with van der Waals surface area (Å²) in [5, 5.41) is 0.592. The molecule has 0 bridgehead atoms. The van der Waals surface area contributed by atoms with Crippen molar-refractivity contribution < 1.29 is 48.4 Å². The van der Waals surface area contributed by atoms with E-state index in [1.807, 2.05) is 0 Å². The molecule has 3 rings (SSSR count). The van der Waals surface area contributed by atoms with Crippen molar-refractivity contribution in [3.05, 3.63) is 71.7 Å². The van der Waals surface area contributed by atoms with Crippen molar-refractivity contribution in [3.8, 4) is 0 Å². The molecular formula is C31H45BF4FeN2O3P-. The van der Waals surface area contributed by atoms with Gasteiger partial charge in [-0.3, -0.25) is 9.98 Å². The first-order valence-electron chi connectivity index (χ1n) is 13.5. The van der Waals surface area contributed by atoms with Crippen LogP contribution in [0.5, 0.6) is 0 Å². The molecule has 1 saturated heterocycles. The van der Waals surface area contributed by atoms with Crippen LogP contribution in [0.15, 0.2) is 35.3 Å². The summed E-state index contributed by atoms with van der Waals surface area (Å²) in [5.74, 6) is 0. The Labute approximate surface area is 267 Å². The second kappa shape index (κ2) is 21.8. The number of aromatic nitrogens is 1. The maximum Gasteiger partial charge on any atom is 0 e. The zero-order valence-corrected chi connectivity index (χ0v) is 28.9. The maximum atomic E-state index is 9.75. The van der Waals surface area contributed by atoms with E-state index >= 15 is 0 Å². The van der Waals surface area contributed by atoms with Gasteiger partial charge in [0, 0.05) is 42.1 Å². The number of benzene rings is 1. The van der Waals surface area contributed by atoms with Gasteiger partial charge in [0.1, 0.15) is 0 Å². The van der Waals surface area contributed by atoms with E-state index < -0.39 is 7.25 Å². The van der Waals surface area contributed by atoms with Crippen molar-refractivity contribution in [2.24, 2.45) is 4.99 Å². The number of aliphatic imine (C=N–C) groups is 1. The predicted octanol–water partition coefficient (Wildman–Crippen LogP) is 9.75. The van der Waals surface area contributed by atoms with Crippen molar-refractivity contribution in [1.82, 2.24) is 4.98 Å². The molecular weight excluding hydrogens is 622 g/mol. The van der Waals surface area contributed by atoms with E-state index in [0.29, 0.717) is 10.3 Å². The number of aryl methyl sites for hydroxylation is 3. The van der Waals surface area contributed by atoms with Gasteiger partial charge in [-0.15, -0.1) is 0 Å². The van der Waals surface area contributed by atoms with Crippen LogP contribution in [-0.2, 0) is 37.3 Å². The molecule has 1 aromatic heterocycles. The SMILES string of the molecule is C1CCOC1.CC(=Nc1c(C)cc(C)cc1C)c1cccc(CP(C(C)(C)C)C(C)(C)C)n1.F[B-](F)(F)F.[C-]#[O+].[C-]#[O+].[Fe]. The summed E-state index contributed by atoms with van der Waals surface area (Å²) in [6.07, 6.45) is 3.60. The molecule has 0 saturated carbocycles. The fourth-order valence-corrected chi connectivity index (χ4v) is 7.96. The van der Waals surface area contributed by atoms with Crippen LogP contribution in [0.2, 0.25) is 0 Å². The molecule has 1 aliphatic heterocycles. The van der Waals surface area contributed by atoms with Crippen LogP contribution in [0.25, 0.3) is 0 Å². The van der Waals surface area contributed by atoms with E-state index in [0.717, 1.165) is 36.5 Å². The van der Waals surface area contributed by atoms with Crippen molar-refractivity contribution in [1.29, 1.82) is 0 Å². The monoisotopic (exact) mass is 667 g/mol. The van der Waals surface area contributed by atoms with Gasteiger partial charge in [-0.1, -0.05) is 73.2 Å². The molecule has 0 amide bonds. The van der Waals surface area contributed by atoms with Gasteiger partial charge < -0.3 is 22.0 Å². The molecule has 12 heteroatoms. The predicted molar refractivity (Wildman–Crippen MR) is 165 cm³/mol. The van der Waals surface area contributed by atoms with Crippen LogP contribution in [0, 0.1) is 34.1 Å². The molecule has 1 fully saturated rings. The first-order chi connectivity index (χ1) is 19.3. The fraction of sp³-hybridized carbons (Fsp3) is 0.548. The Morgan fingerprint density at radius 2 is 1.33 bits per heavy atom. The Morgan fingerprint density at radius 3 is 1.67 bits per heavy atom. The van der Waals surface area contributed by atoms with Crippen LogP contribution < -0.4 is 0 Å². The summed E-state index contributed by atoms with van der Waals surface area (Å²) < 4.78 is 58.9. The van der Waals surface area contributed by atoms with E-state index in [-0.39, 0.29) is 25.0 Å². The first-order valence-corrected chi connectivity index (χ1v) is 15.0. The average Bonchev–Trinajstić information content (AvgIpc) is 3.45. The van der Waals surface area contributed by atoms with Crippen LogP contribution >= 0.6 is 7.92 Å². The molecule has 5 nitrogen and oxygen atoms in total. The molecule has 1 aliphatic rings. The first kappa shape index (κ1) is 45.6. The van der Waals surface area contributed by atoms with Crippen LogP contribution in [-0.4, -0.2) is 41.5 Å². The smallest absolute Gasteiger partial charge is 0 e. The standard InChI is InChI=1S/C25H37N2P.C4H8O.2CO.BF4.Fe/c1-17-14-18(2)23(19(3)15-17)26-20(4)22-13-11-12-21(27-22)16-28(24(5,6)7)25(8,9)10;1-2-4-5-3-1;2*1-2;2-1(3,4)5;/h11-15H,16H2,1-10H3;1-4H2;;;;/q;;;;-1;. The van der Waals surface area contributed by atoms with Gasteiger partial charge in [0.05, 0.1) is 17.1 Å². The van der Waals surface area contributed by atoms with Gasteiger partial charge in [-0.25, -0.2) is 0 Å². The van der Waals surface area contributed by atoms with Gasteiger partial charge >= 0.3 is 29.9 Å². The summed E-state index contributed by atoms with van der Waals surface area (Å²) in [4.78, 5) is 9.94. The summed E-state index contributed by atoms with van der Waals surface area (Å²) in [7, 11) is -6.22. The summed E-state index contributed by atoms with van der Waals surface area (Å²) in [6, 6.07) is 10.8. The molecule has 0 spiro atoms. The van der Waals surface area contributed by atoms with E-state index in [1.165, 1.54) is 35.2 Å². The second-order valence-electron chi connectivity index (χ2n) is 11.7. The maximum absolute atomic E-state index is 9.75. The number of rotatable bonds is 4. The Bertz CT molecular complexity index is 1100. The number of halogens is 4. The minimum Gasteiger partial charge on any atom is 0 e. The van der Waals surface area contributed by atoms with Crippen molar-refractivity contribution in [2.45, 2.75) is 98.6 Å². The van der Waals surface area contributed by atoms with Crippen LogP contribution in [0.1, 0.15) is 89.4 Å². The van der Waals surface area contributed by atoms with Gasteiger partial charge in [-0.2, -0.15) is 0 Å². The molecule has 0 radical (unpaired) electrons. The van der Waals surface area contributed by atoms with Crippen molar-refractivity contribution >= 4 is 26.6 Å². The fourth-order valence-electron chi connectivity index (χ4n) is 4.50. The average molecular weight is 667 g/mol. The summed E-state index contributed by atoms with van der Waals surface area (Å²) >= 11 is 0. The quantitative estimate of drug-likeness (QED) is 0.0814. The number of pyridine rings is 1. The van der Waals surface area contributed by atoms with E-state index in [4.69, 9.17) is 24.0 Å². The Hall–Kier alpha value is -1.79. The molecule has 43 heavy (non-hydrogen) atoms. The molecule has 0 aliphatic carbocycles. The minimum atomic E-state index is -6.00. The molecule has 0 N–H and O–H groups in total. The van der Waals surface area contributed by atoms with Crippen LogP contribution in [0.3, 0.4) is 0 Å². The topological polar surface area (TPSA) is 74.3 Å². The normalized spacial score (nSPS) is 13.0. The van der Waals surface area contributed by atoms with Gasteiger partial charge in [0.15, 0.2) is 0 Å². The van der Waals surface area contributed by atoms with Gasteiger partial charge in [-0.05, 0) is 74.1 Å². The van der Waals surface area contributed by atoms with Crippen molar-refractivity contribution in [3.63, 3.8) is 0 Å². The third kappa shape index (κ3) is 20.7. The van der Waals surface area contributed by atoms with E-state index in [9.17, 15) is 17.3 Å². The second-order valence-corrected chi connectivity index (χ2v) is 15.6. The van der Waals surface area contributed by atoms with Crippen LogP contribution in [0.4, 0.5) is 23.0 Å². The molecule has 0 atom stereocenters. The third-order valence-electron chi connectivity index (χ3n) is 5.86. The number of nitrogens with zero attached hydrogens (tertiary/aromatic N) is 2. The summed E-state index contributed by atoms with van der Waals surface area (Å²) in [5.41, 5.74) is 7.93. The van der Waals surface area contributed by atoms with Crippen molar-refractivity contribution in [2.75, 3.05) is 13.2 Å². The van der Waals surface area contributed by atoms with E-state index in [2.05, 4.69) is 113 Å². The Kier molecular flexibility index (Phi) is 23.2.